The molecule has 0 heterocycles. The van der Waals surface area contributed by atoms with Gasteiger partial charge in [-0.15, -0.1) is 6.58 Å². The number of hydrogen-bond donors (Lipinski definition) is 1. The van der Waals surface area contributed by atoms with Gasteiger partial charge < -0.3 is 5.11 Å². The lowest BCUT2D eigenvalue weighted by Crippen LogP contribution is -2.03. The molecule has 0 saturated carbocycles. The maximum absolute atomic E-state index is 8.99. The van der Waals surface area contributed by atoms with Crippen molar-refractivity contribution in [1.82, 2.24) is 0 Å². The summed E-state index contributed by atoms with van der Waals surface area (Å²) in [5.41, 5.74) is 0. The molecule has 0 aromatic carbocycles. The summed E-state index contributed by atoms with van der Waals surface area (Å²) in [5, 5.41) is 8.99. The van der Waals surface area contributed by atoms with Crippen LogP contribution in [0.3, 0.4) is 0 Å². The Morgan fingerprint density at radius 3 is 2.36 bits per heavy atom. The van der Waals surface area contributed by atoms with Crippen LogP contribution in [0, 0.1) is 5.92 Å². The molecule has 0 aliphatic carbocycles. The molecule has 1 nitrogen and oxygen atoms in total. The van der Waals surface area contributed by atoms with E-state index in [2.05, 4.69) is 13.5 Å². The minimum Gasteiger partial charge on any atom is -0.396 e. The molecular formula is C13H26O. The van der Waals surface area contributed by atoms with Crippen molar-refractivity contribution in [1.29, 1.82) is 0 Å². The number of unbranched alkanes of at least 4 members (excludes halogenated alkanes) is 5. The van der Waals surface area contributed by atoms with Gasteiger partial charge in [0, 0.05) is 6.61 Å². The van der Waals surface area contributed by atoms with Crippen LogP contribution in [0.15, 0.2) is 12.7 Å². The second kappa shape index (κ2) is 10.8. The van der Waals surface area contributed by atoms with E-state index in [-0.39, 0.29) is 0 Å². The maximum Gasteiger partial charge on any atom is 0.0459 e. The van der Waals surface area contributed by atoms with Gasteiger partial charge in [-0.2, -0.15) is 0 Å². The van der Waals surface area contributed by atoms with Gasteiger partial charge in [0.05, 0.1) is 0 Å². The highest BCUT2D eigenvalue weighted by Gasteiger charge is 2.02. The van der Waals surface area contributed by atoms with Crippen molar-refractivity contribution >= 4 is 0 Å². The summed E-state index contributed by atoms with van der Waals surface area (Å²) in [6, 6.07) is 0. The first-order valence-electron chi connectivity index (χ1n) is 6.06. The summed E-state index contributed by atoms with van der Waals surface area (Å²) in [7, 11) is 0. The number of aliphatic hydroxyl groups is 1. The Morgan fingerprint density at radius 1 is 1.14 bits per heavy atom. The molecule has 0 unspecified atom stereocenters. The first-order valence-corrected chi connectivity index (χ1v) is 6.06. The van der Waals surface area contributed by atoms with E-state index in [1.807, 2.05) is 6.08 Å². The first kappa shape index (κ1) is 13.7. The van der Waals surface area contributed by atoms with Gasteiger partial charge in [0.2, 0.25) is 0 Å². The Morgan fingerprint density at radius 2 is 1.79 bits per heavy atom. The van der Waals surface area contributed by atoms with Crippen LogP contribution in [-0.2, 0) is 0 Å². The number of rotatable bonds is 10. The van der Waals surface area contributed by atoms with Gasteiger partial charge in [-0.05, 0) is 25.2 Å². The van der Waals surface area contributed by atoms with E-state index in [0.717, 1.165) is 12.8 Å². The van der Waals surface area contributed by atoms with Crippen molar-refractivity contribution in [3.05, 3.63) is 12.7 Å². The average Bonchev–Trinajstić information content (AvgIpc) is 2.22. The van der Waals surface area contributed by atoms with Crippen LogP contribution in [0.25, 0.3) is 0 Å². The molecule has 0 saturated heterocycles. The number of aliphatic hydroxyl groups excluding tert-OH is 1. The van der Waals surface area contributed by atoms with Gasteiger partial charge in [-0.1, -0.05) is 45.1 Å². The molecule has 0 amide bonds. The van der Waals surface area contributed by atoms with E-state index in [0.29, 0.717) is 12.5 Å². The Balaban J connectivity index is 3.08. The Kier molecular flexibility index (Phi) is 10.5. The molecule has 0 aliphatic heterocycles. The minimum absolute atomic E-state index is 0.368. The molecule has 0 radical (unpaired) electrons. The van der Waals surface area contributed by atoms with E-state index in [1.54, 1.807) is 0 Å². The van der Waals surface area contributed by atoms with Crippen molar-refractivity contribution in [2.75, 3.05) is 6.61 Å². The third-order valence-corrected chi connectivity index (χ3v) is 2.86. The minimum atomic E-state index is 0.368. The fourth-order valence-electron chi connectivity index (χ4n) is 1.68. The summed E-state index contributed by atoms with van der Waals surface area (Å²) in [6.07, 6.45) is 12.1. The molecular weight excluding hydrogens is 172 g/mol. The monoisotopic (exact) mass is 198 g/mol. The van der Waals surface area contributed by atoms with Gasteiger partial charge in [0.15, 0.2) is 0 Å². The number of hydrogen-bond acceptors (Lipinski definition) is 1. The Labute approximate surface area is 89.2 Å². The summed E-state index contributed by atoms with van der Waals surface area (Å²) < 4.78 is 0. The smallest absolute Gasteiger partial charge is 0.0459 e. The second-order valence-corrected chi connectivity index (χ2v) is 4.09. The highest BCUT2D eigenvalue weighted by atomic mass is 16.3. The molecule has 14 heavy (non-hydrogen) atoms. The molecule has 0 fully saturated rings. The lowest BCUT2D eigenvalue weighted by atomic mass is 9.99. The molecule has 0 aromatic heterocycles. The summed E-state index contributed by atoms with van der Waals surface area (Å²) in [6.45, 7) is 6.24. The molecule has 1 heteroatoms. The predicted octanol–water partition coefficient (Wildman–Crippen LogP) is 3.92. The predicted molar refractivity (Wildman–Crippen MR) is 63.4 cm³/mol. The van der Waals surface area contributed by atoms with E-state index in [1.165, 1.54) is 38.5 Å². The van der Waals surface area contributed by atoms with Crippen LogP contribution in [0.4, 0.5) is 0 Å². The zero-order chi connectivity index (χ0) is 10.6. The standard InChI is InChI=1S/C13H26O/c1-3-5-6-7-8-9-10-11-13(4-2)12-14/h3,13-14H,1,4-12H2,2H3/t13-/m1/s1. The highest BCUT2D eigenvalue weighted by Crippen LogP contribution is 2.14. The maximum atomic E-state index is 8.99. The van der Waals surface area contributed by atoms with Crippen molar-refractivity contribution in [2.24, 2.45) is 5.92 Å². The van der Waals surface area contributed by atoms with Crippen molar-refractivity contribution < 1.29 is 5.11 Å². The SMILES string of the molecule is C=CCCCCCCC[C@@H](CC)CO. The van der Waals surface area contributed by atoms with Crippen molar-refractivity contribution in [3.63, 3.8) is 0 Å². The summed E-state index contributed by atoms with van der Waals surface area (Å²) in [4.78, 5) is 0. The van der Waals surface area contributed by atoms with Crippen LogP contribution in [0.2, 0.25) is 0 Å². The van der Waals surface area contributed by atoms with Crippen molar-refractivity contribution in [3.8, 4) is 0 Å². The lowest BCUT2D eigenvalue weighted by molar-refractivity contribution is 0.211. The van der Waals surface area contributed by atoms with Gasteiger partial charge in [0.25, 0.3) is 0 Å². The topological polar surface area (TPSA) is 20.2 Å². The van der Waals surface area contributed by atoms with Gasteiger partial charge in [-0.3, -0.25) is 0 Å². The van der Waals surface area contributed by atoms with Crippen molar-refractivity contribution in [2.45, 2.75) is 58.3 Å². The molecule has 84 valence electrons. The molecule has 0 rings (SSSR count). The van der Waals surface area contributed by atoms with Crippen LogP contribution in [0.1, 0.15) is 58.3 Å². The van der Waals surface area contributed by atoms with E-state index in [9.17, 15) is 0 Å². The second-order valence-electron chi connectivity index (χ2n) is 4.09. The summed E-state index contributed by atoms with van der Waals surface area (Å²) >= 11 is 0. The molecule has 1 atom stereocenters. The number of allylic oxidation sites excluding steroid dienone is 1. The highest BCUT2D eigenvalue weighted by molar-refractivity contribution is 4.65. The largest absolute Gasteiger partial charge is 0.396 e. The molecule has 1 N–H and O–H groups in total. The normalized spacial score (nSPS) is 12.7. The van der Waals surface area contributed by atoms with Crippen LogP contribution >= 0.6 is 0 Å². The fraction of sp³-hybridized carbons (Fsp3) is 0.846. The van der Waals surface area contributed by atoms with Gasteiger partial charge >= 0.3 is 0 Å². The zero-order valence-corrected chi connectivity index (χ0v) is 9.67. The molecule has 0 aliphatic rings. The van der Waals surface area contributed by atoms with E-state index >= 15 is 0 Å². The van der Waals surface area contributed by atoms with E-state index in [4.69, 9.17) is 5.11 Å². The van der Waals surface area contributed by atoms with Gasteiger partial charge in [-0.25, -0.2) is 0 Å². The summed E-state index contributed by atoms with van der Waals surface area (Å²) in [5.74, 6) is 0.545. The molecule has 0 bridgehead atoms. The Bertz CT molecular complexity index is 116. The lowest BCUT2D eigenvalue weighted by Gasteiger charge is -2.10. The van der Waals surface area contributed by atoms with Crippen LogP contribution < -0.4 is 0 Å². The molecule has 0 spiro atoms. The molecule has 0 aromatic rings. The third kappa shape index (κ3) is 8.31. The van der Waals surface area contributed by atoms with Crippen LogP contribution in [-0.4, -0.2) is 11.7 Å². The quantitative estimate of drug-likeness (QED) is 0.416. The van der Waals surface area contributed by atoms with Crippen LogP contribution in [0.5, 0.6) is 0 Å². The average molecular weight is 198 g/mol. The third-order valence-electron chi connectivity index (χ3n) is 2.86. The Hall–Kier alpha value is -0.300. The van der Waals surface area contributed by atoms with Gasteiger partial charge in [0.1, 0.15) is 0 Å². The zero-order valence-electron chi connectivity index (χ0n) is 9.67. The fourth-order valence-corrected chi connectivity index (χ4v) is 1.68. The first-order chi connectivity index (χ1) is 6.85. The van der Waals surface area contributed by atoms with E-state index < -0.39 is 0 Å².